The molecule has 0 amide bonds. The van der Waals surface area contributed by atoms with Crippen LogP contribution in [0.3, 0.4) is 0 Å². The minimum Gasteiger partial charge on any atom is -0.497 e. The Morgan fingerprint density at radius 3 is 2.37 bits per heavy atom. The molecule has 10 heteroatoms. The van der Waals surface area contributed by atoms with E-state index in [1.54, 1.807) is 7.11 Å². The predicted molar refractivity (Wildman–Crippen MR) is 137 cm³/mol. The molecule has 0 aliphatic carbocycles. The first-order valence-corrected chi connectivity index (χ1v) is 13.4. The molecule has 1 saturated heterocycles. The third-order valence-corrected chi connectivity index (χ3v) is 6.69. The highest BCUT2D eigenvalue weighted by molar-refractivity contribution is 7.89. The van der Waals surface area contributed by atoms with Crippen LogP contribution in [0.2, 0.25) is 0 Å². The van der Waals surface area contributed by atoms with Gasteiger partial charge in [0, 0.05) is 19.6 Å². The van der Waals surface area contributed by atoms with E-state index in [0.717, 1.165) is 36.7 Å². The molecule has 2 aliphatic heterocycles. The number of hydrogen-bond acceptors (Lipinski definition) is 7. The lowest BCUT2D eigenvalue weighted by Crippen LogP contribution is -2.38. The molecule has 35 heavy (non-hydrogen) atoms. The van der Waals surface area contributed by atoms with Crippen LogP contribution in [0.15, 0.2) is 57.3 Å². The number of methoxy groups -OCH3 is 1. The fourth-order valence-corrected chi connectivity index (χ4v) is 4.92. The smallest absolute Gasteiger partial charge is 0.367 e. The van der Waals surface area contributed by atoms with Gasteiger partial charge in [-0.05, 0) is 67.7 Å². The molecule has 4 rings (SSSR count). The molecule has 9 nitrogen and oxygen atoms in total. The zero-order valence-electron chi connectivity index (χ0n) is 20.1. The van der Waals surface area contributed by atoms with Crippen LogP contribution in [0, 0.1) is 0 Å². The Labute approximate surface area is 207 Å². The van der Waals surface area contributed by atoms with E-state index in [-0.39, 0.29) is 11.7 Å². The van der Waals surface area contributed by atoms with Crippen LogP contribution in [0.5, 0.6) is 11.5 Å². The van der Waals surface area contributed by atoms with Crippen molar-refractivity contribution in [3.63, 3.8) is 0 Å². The maximum absolute atomic E-state index is 11.9. The molecular formula is C25H33N5O4S. The van der Waals surface area contributed by atoms with Gasteiger partial charge in [0.25, 0.3) is 0 Å². The summed E-state index contributed by atoms with van der Waals surface area (Å²) in [5.74, 6) is 2.01. The van der Waals surface area contributed by atoms with Crippen LogP contribution in [0.4, 0.5) is 0 Å². The standard InChI is InChI=1S/C25H33N5O4S/c1-33-22-10-5-8-20(16-22)18-27-25-24(28-35(31,32)29-25)26-12-7-15-34-23-11-6-9-21(17-23)19-30-13-3-2-4-14-30/h5-6,8-11,16-17H,2-4,7,12-15,18-19H2,1H3,(H,26,28)(H,27,29). The van der Waals surface area contributed by atoms with Gasteiger partial charge < -0.3 is 20.1 Å². The number of amidine groups is 2. The van der Waals surface area contributed by atoms with Crippen molar-refractivity contribution >= 4 is 21.9 Å². The summed E-state index contributed by atoms with van der Waals surface area (Å²) in [6.07, 6.45) is 4.56. The van der Waals surface area contributed by atoms with E-state index in [1.165, 1.54) is 24.8 Å². The van der Waals surface area contributed by atoms with Gasteiger partial charge in [0.05, 0.1) is 13.7 Å². The second-order valence-electron chi connectivity index (χ2n) is 8.65. The number of nitrogens with zero attached hydrogens (tertiary/aromatic N) is 3. The predicted octanol–water partition coefficient (Wildman–Crippen LogP) is 2.88. The molecule has 2 aromatic rings. The van der Waals surface area contributed by atoms with Crippen molar-refractivity contribution in [3.8, 4) is 11.5 Å². The normalized spacial score (nSPS) is 17.4. The maximum atomic E-state index is 11.9. The Balaban J connectivity index is 1.21. The summed E-state index contributed by atoms with van der Waals surface area (Å²) in [4.78, 5) is 2.49. The Kier molecular flexibility index (Phi) is 8.59. The lowest BCUT2D eigenvalue weighted by molar-refractivity contribution is 0.220. The van der Waals surface area contributed by atoms with Gasteiger partial charge >= 0.3 is 10.2 Å². The van der Waals surface area contributed by atoms with E-state index < -0.39 is 10.2 Å². The number of nitrogens with one attached hydrogen (secondary N) is 2. The first-order valence-electron chi connectivity index (χ1n) is 12.0. The van der Waals surface area contributed by atoms with E-state index in [4.69, 9.17) is 9.47 Å². The molecule has 0 radical (unpaired) electrons. The Hall–Kier alpha value is -3.11. The first kappa shape index (κ1) is 25.0. The molecular weight excluding hydrogens is 466 g/mol. The lowest BCUT2D eigenvalue weighted by Gasteiger charge is -2.26. The topological polar surface area (TPSA) is 105 Å². The van der Waals surface area contributed by atoms with Crippen molar-refractivity contribution < 1.29 is 17.9 Å². The zero-order chi connectivity index (χ0) is 24.5. The number of piperidine rings is 1. The minimum absolute atomic E-state index is 0.208. The van der Waals surface area contributed by atoms with E-state index in [9.17, 15) is 8.42 Å². The fourth-order valence-electron chi connectivity index (χ4n) is 4.12. The van der Waals surface area contributed by atoms with Crippen molar-refractivity contribution in [1.82, 2.24) is 15.5 Å². The van der Waals surface area contributed by atoms with E-state index >= 15 is 0 Å². The zero-order valence-corrected chi connectivity index (χ0v) is 20.9. The SMILES string of the molecule is COc1cccc(CNC2=NS(=O)(=O)N=C2NCCCOc2cccc(CN3CCCCC3)c2)c1. The van der Waals surface area contributed by atoms with Gasteiger partial charge in [0.15, 0.2) is 11.7 Å². The molecule has 0 saturated carbocycles. The number of ether oxygens (including phenoxy) is 2. The van der Waals surface area contributed by atoms with E-state index in [1.807, 2.05) is 36.4 Å². The maximum Gasteiger partial charge on any atom is 0.367 e. The Morgan fingerprint density at radius 2 is 1.60 bits per heavy atom. The lowest BCUT2D eigenvalue weighted by atomic mass is 10.1. The molecule has 0 aromatic heterocycles. The highest BCUT2D eigenvalue weighted by atomic mass is 32.2. The molecule has 0 bridgehead atoms. The molecule has 2 N–H and O–H groups in total. The van der Waals surface area contributed by atoms with Crippen molar-refractivity contribution in [1.29, 1.82) is 0 Å². The van der Waals surface area contributed by atoms with Crippen molar-refractivity contribution in [2.24, 2.45) is 8.80 Å². The molecule has 2 aliphatic rings. The largest absolute Gasteiger partial charge is 0.497 e. The van der Waals surface area contributed by atoms with Gasteiger partial charge in [-0.2, -0.15) is 8.42 Å². The van der Waals surface area contributed by atoms with E-state index in [2.05, 4.69) is 36.5 Å². The number of benzene rings is 2. The molecule has 0 atom stereocenters. The quantitative estimate of drug-likeness (QED) is 0.485. The summed E-state index contributed by atoms with van der Waals surface area (Å²) in [7, 11) is -2.27. The monoisotopic (exact) mass is 499 g/mol. The van der Waals surface area contributed by atoms with Gasteiger partial charge in [-0.15, -0.1) is 8.80 Å². The molecule has 2 heterocycles. The average molecular weight is 500 g/mol. The van der Waals surface area contributed by atoms with Crippen LogP contribution < -0.4 is 20.1 Å². The van der Waals surface area contributed by atoms with Gasteiger partial charge in [-0.3, -0.25) is 4.90 Å². The minimum atomic E-state index is -3.87. The average Bonchev–Trinajstić information content (AvgIpc) is 3.16. The highest BCUT2D eigenvalue weighted by Gasteiger charge is 2.23. The van der Waals surface area contributed by atoms with Crippen LogP contribution in [0.1, 0.15) is 36.8 Å². The van der Waals surface area contributed by atoms with Crippen LogP contribution >= 0.6 is 0 Å². The highest BCUT2D eigenvalue weighted by Crippen LogP contribution is 2.18. The Bertz CT molecular complexity index is 1160. The summed E-state index contributed by atoms with van der Waals surface area (Å²) >= 11 is 0. The van der Waals surface area contributed by atoms with Crippen molar-refractivity contribution in [3.05, 3.63) is 59.7 Å². The van der Waals surface area contributed by atoms with Crippen LogP contribution in [-0.2, 0) is 23.3 Å². The van der Waals surface area contributed by atoms with Gasteiger partial charge in [-0.25, -0.2) is 0 Å². The molecule has 0 spiro atoms. The van der Waals surface area contributed by atoms with Crippen molar-refractivity contribution in [2.75, 3.05) is 33.4 Å². The van der Waals surface area contributed by atoms with Gasteiger partial charge in [0.1, 0.15) is 11.5 Å². The summed E-state index contributed by atoms with van der Waals surface area (Å²) in [5, 5.41) is 6.11. The van der Waals surface area contributed by atoms with Crippen LogP contribution in [0.25, 0.3) is 0 Å². The molecule has 1 fully saturated rings. The Morgan fingerprint density at radius 1 is 0.914 bits per heavy atom. The third kappa shape index (κ3) is 7.69. The number of hydrogen-bond donors (Lipinski definition) is 2. The van der Waals surface area contributed by atoms with Gasteiger partial charge in [0.2, 0.25) is 0 Å². The number of rotatable bonds is 10. The summed E-state index contributed by atoms with van der Waals surface area (Å²) in [5.41, 5.74) is 2.20. The van der Waals surface area contributed by atoms with Gasteiger partial charge in [-0.1, -0.05) is 30.7 Å². The fraction of sp³-hybridized carbons (Fsp3) is 0.440. The second-order valence-corrected chi connectivity index (χ2v) is 9.91. The summed E-state index contributed by atoms with van der Waals surface area (Å²) < 4.78 is 42.4. The summed E-state index contributed by atoms with van der Waals surface area (Å²) in [6.45, 7) is 4.68. The number of likely N-dealkylation sites (tertiary alicyclic amines) is 1. The van der Waals surface area contributed by atoms with Crippen LogP contribution in [-0.4, -0.2) is 58.3 Å². The molecule has 0 unspecified atom stereocenters. The second kappa shape index (κ2) is 12.0. The summed E-state index contributed by atoms with van der Waals surface area (Å²) in [6, 6.07) is 15.8. The third-order valence-electron chi connectivity index (χ3n) is 5.87. The molecule has 2 aromatic carbocycles. The van der Waals surface area contributed by atoms with E-state index in [0.29, 0.717) is 26.1 Å². The first-order chi connectivity index (χ1) is 17.0. The van der Waals surface area contributed by atoms with Crippen molar-refractivity contribution in [2.45, 2.75) is 38.8 Å². The molecule has 188 valence electrons.